The summed E-state index contributed by atoms with van der Waals surface area (Å²) in [5.41, 5.74) is 4.12. The van der Waals surface area contributed by atoms with Gasteiger partial charge < -0.3 is 10.1 Å². The predicted molar refractivity (Wildman–Crippen MR) is 137 cm³/mol. The van der Waals surface area contributed by atoms with Gasteiger partial charge in [-0.05, 0) is 31.0 Å². The zero-order chi connectivity index (χ0) is 23.9. The molecule has 7 nitrogen and oxygen atoms in total. The van der Waals surface area contributed by atoms with Crippen LogP contribution in [0.15, 0.2) is 71.7 Å². The Morgan fingerprint density at radius 1 is 1.18 bits per heavy atom. The zero-order valence-corrected chi connectivity index (χ0v) is 20.7. The molecule has 0 bridgehead atoms. The highest BCUT2D eigenvalue weighted by Crippen LogP contribution is 2.26. The van der Waals surface area contributed by atoms with Gasteiger partial charge in [-0.1, -0.05) is 60.3 Å². The summed E-state index contributed by atoms with van der Waals surface area (Å²) in [5, 5.41) is 14.5. The summed E-state index contributed by atoms with van der Waals surface area (Å²) in [5.74, 6) is 1.53. The highest BCUT2D eigenvalue weighted by molar-refractivity contribution is 7.99. The molecule has 2 aromatic heterocycles. The Balaban J connectivity index is 1.36. The fourth-order valence-corrected chi connectivity index (χ4v) is 4.73. The summed E-state index contributed by atoms with van der Waals surface area (Å²) in [6.45, 7) is 8.71. The van der Waals surface area contributed by atoms with Gasteiger partial charge in [0.25, 0.3) is 0 Å². The van der Waals surface area contributed by atoms with Crippen molar-refractivity contribution in [3.63, 3.8) is 0 Å². The number of carbonyl (C=O) groups is 1. The van der Waals surface area contributed by atoms with E-state index in [1.807, 2.05) is 59.3 Å². The number of nitrogens with zero attached hydrogens (tertiary/aromatic N) is 4. The summed E-state index contributed by atoms with van der Waals surface area (Å²) < 4.78 is 7.90. The fourth-order valence-electron chi connectivity index (χ4n) is 3.23. The molecule has 34 heavy (non-hydrogen) atoms. The smallest absolute Gasteiger partial charge is 0.236 e. The predicted octanol–water partition coefficient (Wildman–Crippen LogP) is 5.51. The van der Waals surface area contributed by atoms with Crippen LogP contribution in [0.1, 0.15) is 17.0 Å². The molecular formula is C25H25N5O2S2. The summed E-state index contributed by atoms with van der Waals surface area (Å²) in [4.78, 5) is 17.0. The molecule has 1 amide bonds. The van der Waals surface area contributed by atoms with Crippen LogP contribution in [0.4, 0.5) is 5.13 Å². The van der Waals surface area contributed by atoms with Crippen molar-refractivity contribution in [1.82, 2.24) is 19.7 Å². The average molecular weight is 492 g/mol. The minimum absolute atomic E-state index is 0.152. The monoisotopic (exact) mass is 491 g/mol. The summed E-state index contributed by atoms with van der Waals surface area (Å²) >= 11 is 2.72. The maximum absolute atomic E-state index is 12.5. The van der Waals surface area contributed by atoms with E-state index in [0.29, 0.717) is 22.7 Å². The van der Waals surface area contributed by atoms with E-state index in [2.05, 4.69) is 40.1 Å². The second-order valence-electron chi connectivity index (χ2n) is 7.53. The molecule has 0 saturated heterocycles. The number of aryl methyl sites for hydroxylation is 1. The number of nitrogens with one attached hydrogen (secondary N) is 1. The number of carbonyl (C=O) groups excluding carboxylic acids is 1. The van der Waals surface area contributed by atoms with Gasteiger partial charge in [0, 0.05) is 17.5 Å². The Hall–Kier alpha value is -3.43. The van der Waals surface area contributed by atoms with Crippen LogP contribution in [0.2, 0.25) is 0 Å². The van der Waals surface area contributed by atoms with Gasteiger partial charge in [0.1, 0.15) is 12.4 Å². The number of aromatic nitrogens is 4. The lowest BCUT2D eigenvalue weighted by atomic mass is 10.1. The highest BCUT2D eigenvalue weighted by Gasteiger charge is 2.15. The molecule has 1 N–H and O–H groups in total. The van der Waals surface area contributed by atoms with Gasteiger partial charge in [-0.15, -0.1) is 28.1 Å². The quantitative estimate of drug-likeness (QED) is 0.233. The van der Waals surface area contributed by atoms with E-state index < -0.39 is 0 Å². The third kappa shape index (κ3) is 5.73. The molecule has 2 aromatic carbocycles. The largest absolute Gasteiger partial charge is 0.485 e. The van der Waals surface area contributed by atoms with E-state index in [-0.39, 0.29) is 18.3 Å². The van der Waals surface area contributed by atoms with Crippen molar-refractivity contribution in [2.75, 3.05) is 11.1 Å². The molecule has 0 atom stereocenters. The van der Waals surface area contributed by atoms with Crippen molar-refractivity contribution in [3.8, 4) is 17.0 Å². The van der Waals surface area contributed by atoms with Crippen LogP contribution >= 0.6 is 23.1 Å². The molecular weight excluding hydrogens is 466 g/mol. The van der Waals surface area contributed by atoms with Crippen LogP contribution < -0.4 is 10.1 Å². The second-order valence-corrected chi connectivity index (χ2v) is 9.33. The van der Waals surface area contributed by atoms with Crippen molar-refractivity contribution >= 4 is 34.1 Å². The van der Waals surface area contributed by atoms with Crippen LogP contribution in [-0.2, 0) is 17.9 Å². The van der Waals surface area contributed by atoms with E-state index in [1.54, 1.807) is 6.08 Å². The molecule has 0 fully saturated rings. The molecule has 0 aliphatic heterocycles. The number of thioether (sulfide) groups is 1. The number of hydrogen-bond acceptors (Lipinski definition) is 7. The van der Waals surface area contributed by atoms with Crippen LogP contribution in [0.5, 0.6) is 5.75 Å². The molecule has 174 valence electrons. The Kier molecular flexibility index (Phi) is 7.76. The molecule has 4 aromatic rings. The minimum atomic E-state index is -0.152. The summed E-state index contributed by atoms with van der Waals surface area (Å²) in [7, 11) is 0. The first kappa shape index (κ1) is 23.7. The second kappa shape index (κ2) is 11.1. The van der Waals surface area contributed by atoms with Crippen LogP contribution in [0, 0.1) is 13.8 Å². The van der Waals surface area contributed by atoms with Crippen molar-refractivity contribution < 1.29 is 9.53 Å². The topological polar surface area (TPSA) is 81.9 Å². The van der Waals surface area contributed by atoms with E-state index in [0.717, 1.165) is 22.6 Å². The summed E-state index contributed by atoms with van der Waals surface area (Å²) in [6.07, 6.45) is 1.77. The number of allylic oxidation sites excluding steroid dienone is 1. The lowest BCUT2D eigenvalue weighted by Gasteiger charge is -2.12. The zero-order valence-electron chi connectivity index (χ0n) is 19.0. The van der Waals surface area contributed by atoms with Crippen molar-refractivity contribution in [3.05, 3.63) is 83.5 Å². The number of anilines is 1. The molecule has 9 heteroatoms. The van der Waals surface area contributed by atoms with E-state index in [4.69, 9.17) is 4.74 Å². The number of hydrogen-bond donors (Lipinski definition) is 1. The van der Waals surface area contributed by atoms with E-state index >= 15 is 0 Å². The molecule has 0 spiro atoms. The maximum Gasteiger partial charge on any atom is 0.236 e. The molecule has 0 unspecified atom stereocenters. The number of benzene rings is 2. The average Bonchev–Trinajstić information content (AvgIpc) is 3.46. The SMILES string of the molecule is C=CCn1c(COc2cccc(C)c2C)nnc1SCC(=O)Nc1nc(-c2ccccc2)cs1. The van der Waals surface area contributed by atoms with Crippen molar-refractivity contribution in [2.24, 2.45) is 0 Å². The van der Waals surface area contributed by atoms with Gasteiger partial charge in [-0.2, -0.15) is 0 Å². The number of amides is 1. The van der Waals surface area contributed by atoms with Gasteiger partial charge in [-0.25, -0.2) is 4.98 Å². The fraction of sp³-hybridized carbons (Fsp3) is 0.200. The van der Waals surface area contributed by atoms with Crippen molar-refractivity contribution in [2.45, 2.75) is 32.2 Å². The first-order valence-electron chi connectivity index (χ1n) is 10.7. The standard InChI is InChI=1S/C25H25N5O2S2/c1-4-13-30-22(14-32-21-12-8-9-17(2)18(21)3)28-29-25(30)34-16-23(31)27-24-26-20(15-33-24)19-10-6-5-7-11-19/h4-12,15H,1,13-14,16H2,2-3H3,(H,26,27,31). The van der Waals surface area contributed by atoms with Crippen LogP contribution in [-0.4, -0.2) is 31.4 Å². The summed E-state index contributed by atoms with van der Waals surface area (Å²) in [6, 6.07) is 15.8. The number of thiazole rings is 1. The van der Waals surface area contributed by atoms with Crippen LogP contribution in [0.25, 0.3) is 11.3 Å². The van der Waals surface area contributed by atoms with E-state index in [9.17, 15) is 4.79 Å². The Bertz CT molecular complexity index is 1280. The van der Waals surface area contributed by atoms with Gasteiger partial charge in [0.05, 0.1) is 11.4 Å². The minimum Gasteiger partial charge on any atom is -0.485 e. The lowest BCUT2D eigenvalue weighted by molar-refractivity contribution is -0.113. The molecule has 0 radical (unpaired) electrons. The van der Waals surface area contributed by atoms with Gasteiger partial charge >= 0.3 is 0 Å². The number of ether oxygens (including phenoxy) is 1. The third-order valence-electron chi connectivity index (χ3n) is 5.17. The van der Waals surface area contributed by atoms with Gasteiger partial charge in [0.2, 0.25) is 5.91 Å². The van der Waals surface area contributed by atoms with Crippen molar-refractivity contribution in [1.29, 1.82) is 0 Å². The first-order chi connectivity index (χ1) is 16.5. The number of rotatable bonds is 10. The molecule has 0 saturated carbocycles. The highest BCUT2D eigenvalue weighted by atomic mass is 32.2. The third-order valence-corrected chi connectivity index (χ3v) is 6.89. The van der Waals surface area contributed by atoms with Gasteiger partial charge in [-0.3, -0.25) is 9.36 Å². The molecule has 4 rings (SSSR count). The van der Waals surface area contributed by atoms with Crippen LogP contribution in [0.3, 0.4) is 0 Å². The Morgan fingerprint density at radius 2 is 2.00 bits per heavy atom. The van der Waals surface area contributed by atoms with E-state index in [1.165, 1.54) is 28.7 Å². The van der Waals surface area contributed by atoms with Gasteiger partial charge in [0.15, 0.2) is 16.1 Å². The normalized spacial score (nSPS) is 10.8. The Morgan fingerprint density at radius 3 is 2.79 bits per heavy atom. The lowest BCUT2D eigenvalue weighted by Crippen LogP contribution is -2.15. The maximum atomic E-state index is 12.5. The molecule has 0 aliphatic carbocycles. The first-order valence-corrected chi connectivity index (χ1v) is 12.6. The Labute approximate surface area is 206 Å². The molecule has 0 aliphatic rings. The molecule has 2 heterocycles.